The quantitative estimate of drug-likeness (QED) is 0.651. The Morgan fingerprint density at radius 1 is 1.25 bits per heavy atom. The fraction of sp³-hybridized carbons (Fsp3) is 0.467. The van der Waals surface area contributed by atoms with Crippen molar-refractivity contribution < 1.29 is 18.9 Å². The average molecular weight is 277 g/mol. The normalized spacial score (nSPS) is 30.5. The van der Waals surface area contributed by atoms with Crippen LogP contribution < -0.4 is 4.90 Å². The molecule has 0 spiro atoms. The number of fused-ring (bicyclic) bond motifs is 2. The van der Waals surface area contributed by atoms with Crippen molar-refractivity contribution in [2.45, 2.75) is 37.8 Å². The Labute approximate surface area is 117 Å². The minimum absolute atomic E-state index is 0.317. The molecule has 106 valence electrons. The summed E-state index contributed by atoms with van der Waals surface area (Å²) in [7, 11) is 2.23. The van der Waals surface area contributed by atoms with Gasteiger partial charge in [0.1, 0.15) is 5.82 Å². The number of hydrogen-bond donors (Lipinski definition) is 1. The molecular weight excluding hydrogens is 259 g/mol. The third-order valence-electron chi connectivity index (χ3n) is 4.45. The number of nitrogens with one attached hydrogen (secondary N) is 1. The summed E-state index contributed by atoms with van der Waals surface area (Å²) < 4.78 is 12.8. The molecule has 2 heterocycles. The molecule has 4 nitrogen and oxygen atoms in total. The summed E-state index contributed by atoms with van der Waals surface area (Å²) in [6.07, 6.45) is 4.25. The van der Waals surface area contributed by atoms with Crippen molar-refractivity contribution in [3.05, 3.63) is 35.6 Å². The molecule has 1 aromatic carbocycles. The minimum Gasteiger partial charge on any atom is -0.332 e. The van der Waals surface area contributed by atoms with Crippen molar-refractivity contribution >= 4 is 11.7 Å². The van der Waals surface area contributed by atoms with Crippen LogP contribution in [-0.4, -0.2) is 30.8 Å². The van der Waals surface area contributed by atoms with Crippen LogP contribution in [0.5, 0.6) is 0 Å². The molecule has 5 heteroatoms. The number of rotatable bonds is 2. The van der Waals surface area contributed by atoms with Gasteiger partial charge < -0.3 is 9.74 Å². The average Bonchev–Trinajstić information content (AvgIpc) is 2.66. The molecule has 2 aliphatic rings. The van der Waals surface area contributed by atoms with Gasteiger partial charge in [-0.05, 0) is 24.3 Å². The van der Waals surface area contributed by atoms with Crippen molar-refractivity contribution in [2.75, 3.05) is 7.05 Å². The fourth-order valence-electron chi connectivity index (χ4n) is 3.19. The highest BCUT2D eigenvalue weighted by Crippen LogP contribution is 2.20. The molecule has 3 rings (SSSR count). The van der Waals surface area contributed by atoms with Gasteiger partial charge in [-0.2, -0.15) is 0 Å². The number of hydrogen-bond acceptors (Lipinski definition) is 3. The van der Waals surface area contributed by atoms with Crippen molar-refractivity contribution in [1.29, 1.82) is 0 Å². The summed E-state index contributed by atoms with van der Waals surface area (Å²) in [6, 6.07) is 6.50. The Hall–Kier alpha value is -1.75. The topological polar surface area (TPSA) is 43.1 Å². The highest BCUT2D eigenvalue weighted by Gasteiger charge is 2.41. The van der Waals surface area contributed by atoms with E-state index in [1.165, 1.54) is 37.1 Å². The second-order valence-electron chi connectivity index (χ2n) is 5.67. The zero-order chi connectivity index (χ0) is 14.1. The van der Waals surface area contributed by atoms with Gasteiger partial charge in [0.2, 0.25) is 0 Å². The van der Waals surface area contributed by atoms with Crippen LogP contribution in [0.25, 0.3) is 0 Å². The Bertz CT molecular complexity index is 525. The second-order valence-corrected chi connectivity index (χ2v) is 5.67. The van der Waals surface area contributed by atoms with Crippen LogP contribution in [0.4, 0.5) is 4.39 Å². The van der Waals surface area contributed by atoms with E-state index in [0.29, 0.717) is 17.6 Å². The molecule has 0 radical (unpaired) electrons. The molecule has 0 saturated carbocycles. The summed E-state index contributed by atoms with van der Waals surface area (Å²) in [6.45, 7) is 0. The predicted octanol–water partition coefficient (Wildman–Crippen LogP) is 1.18. The molecule has 1 N–H and O–H groups in total. The Morgan fingerprint density at radius 2 is 1.85 bits per heavy atom. The maximum atomic E-state index is 12.8. The molecule has 1 unspecified atom stereocenters. The van der Waals surface area contributed by atoms with Gasteiger partial charge in [0.25, 0.3) is 0 Å². The fourth-order valence-corrected chi connectivity index (χ4v) is 3.19. The van der Waals surface area contributed by atoms with Crippen LogP contribution in [0.2, 0.25) is 0 Å². The zero-order valence-corrected chi connectivity index (χ0v) is 11.4. The number of halogens is 1. The lowest BCUT2D eigenvalue weighted by Crippen LogP contribution is -3.15. The third-order valence-corrected chi connectivity index (χ3v) is 4.45. The van der Waals surface area contributed by atoms with Crippen molar-refractivity contribution in [1.82, 2.24) is 0 Å². The van der Waals surface area contributed by atoms with Crippen molar-refractivity contribution in [3.63, 3.8) is 0 Å². The number of carbonyl (C=O) groups excluding carboxylic acids is 1. The highest BCUT2D eigenvalue weighted by molar-refractivity contribution is 5.91. The summed E-state index contributed by atoms with van der Waals surface area (Å²) in [5.41, 5.74) is 1.29. The number of piperidine rings is 1. The van der Waals surface area contributed by atoms with E-state index in [0.717, 1.165) is 18.6 Å². The highest BCUT2D eigenvalue weighted by atomic mass is 19.1. The molecule has 0 aromatic heterocycles. The summed E-state index contributed by atoms with van der Waals surface area (Å²) in [5, 5.41) is 4.02. The molecule has 3 atom stereocenters. The van der Waals surface area contributed by atoms with Gasteiger partial charge >= 0.3 is 5.97 Å². The summed E-state index contributed by atoms with van der Waals surface area (Å²) in [4.78, 5) is 18.3. The van der Waals surface area contributed by atoms with Gasteiger partial charge in [0.15, 0.2) is 0 Å². The number of benzene rings is 1. The van der Waals surface area contributed by atoms with Gasteiger partial charge in [-0.3, -0.25) is 0 Å². The SMILES string of the molecule is C[NH+]1[C@@H]2CC[C@H]1CC(=NOC(=O)c1ccc(F)cc1)C2. The smallest absolute Gasteiger partial charge is 0.332 e. The van der Waals surface area contributed by atoms with E-state index in [-0.39, 0.29) is 5.82 Å². The molecule has 0 aliphatic carbocycles. The number of quaternary nitrogens is 1. The molecule has 2 aliphatic heterocycles. The summed E-state index contributed by atoms with van der Waals surface area (Å²) >= 11 is 0. The molecule has 20 heavy (non-hydrogen) atoms. The number of oxime groups is 1. The first-order valence-corrected chi connectivity index (χ1v) is 6.99. The van der Waals surface area contributed by atoms with E-state index < -0.39 is 5.97 Å². The standard InChI is InChI=1S/C15H17FN2O2/c1-18-13-6-7-14(18)9-12(8-13)17-20-15(19)10-2-4-11(16)5-3-10/h2-5,13-14H,6-9H2,1H3/p+1/t13-,14+. The largest absolute Gasteiger partial charge is 0.365 e. The van der Waals surface area contributed by atoms with Crippen LogP contribution in [0.3, 0.4) is 0 Å². The zero-order valence-electron chi connectivity index (χ0n) is 11.4. The van der Waals surface area contributed by atoms with Crippen molar-refractivity contribution in [2.24, 2.45) is 5.16 Å². The molecule has 2 saturated heterocycles. The van der Waals surface area contributed by atoms with E-state index in [1.54, 1.807) is 4.90 Å². The Balaban J connectivity index is 1.63. The third kappa shape index (κ3) is 2.58. The Morgan fingerprint density at radius 3 is 2.45 bits per heavy atom. The number of carbonyl (C=O) groups is 1. The number of nitrogens with zero attached hydrogens (tertiary/aromatic N) is 1. The summed E-state index contributed by atoms with van der Waals surface area (Å²) in [5.74, 6) is -0.904. The minimum atomic E-state index is -0.531. The van der Waals surface area contributed by atoms with E-state index in [1.807, 2.05) is 0 Å². The van der Waals surface area contributed by atoms with Crippen LogP contribution in [0, 0.1) is 5.82 Å². The van der Waals surface area contributed by atoms with Crippen LogP contribution in [0.1, 0.15) is 36.0 Å². The van der Waals surface area contributed by atoms with Gasteiger partial charge in [0.05, 0.1) is 30.4 Å². The molecule has 1 aromatic rings. The first-order valence-electron chi connectivity index (χ1n) is 6.99. The van der Waals surface area contributed by atoms with Gasteiger partial charge in [-0.25, -0.2) is 9.18 Å². The molecule has 0 amide bonds. The second kappa shape index (κ2) is 5.32. The maximum Gasteiger partial charge on any atom is 0.365 e. The van der Waals surface area contributed by atoms with E-state index in [2.05, 4.69) is 12.2 Å². The van der Waals surface area contributed by atoms with Crippen LogP contribution in [-0.2, 0) is 4.84 Å². The lowest BCUT2D eigenvalue weighted by Gasteiger charge is -2.28. The van der Waals surface area contributed by atoms with Gasteiger partial charge in [-0.15, -0.1) is 0 Å². The van der Waals surface area contributed by atoms with E-state index >= 15 is 0 Å². The maximum absolute atomic E-state index is 12.8. The predicted molar refractivity (Wildman–Crippen MR) is 72.2 cm³/mol. The lowest BCUT2D eigenvalue weighted by atomic mass is 10.0. The molecular formula is C15H18FN2O2+. The van der Waals surface area contributed by atoms with E-state index in [4.69, 9.17) is 4.84 Å². The van der Waals surface area contributed by atoms with Crippen molar-refractivity contribution in [3.8, 4) is 0 Å². The Kier molecular flexibility index (Phi) is 3.53. The van der Waals surface area contributed by atoms with Crippen LogP contribution >= 0.6 is 0 Å². The lowest BCUT2D eigenvalue weighted by molar-refractivity contribution is -0.917. The molecule has 2 fully saturated rings. The van der Waals surface area contributed by atoms with Gasteiger partial charge in [-0.1, -0.05) is 5.16 Å². The van der Waals surface area contributed by atoms with E-state index in [9.17, 15) is 9.18 Å². The first-order chi connectivity index (χ1) is 9.63. The first kappa shape index (κ1) is 13.2. The van der Waals surface area contributed by atoms with Gasteiger partial charge in [0, 0.05) is 25.7 Å². The van der Waals surface area contributed by atoms with Crippen LogP contribution in [0.15, 0.2) is 29.4 Å². The molecule has 2 bridgehead atoms. The monoisotopic (exact) mass is 277 g/mol.